The van der Waals surface area contributed by atoms with Gasteiger partial charge in [-0.2, -0.15) is 0 Å². The molecule has 1 aliphatic carbocycles. The molecule has 3 rings (SSSR count). The summed E-state index contributed by atoms with van der Waals surface area (Å²) in [7, 11) is -2.81. The van der Waals surface area contributed by atoms with E-state index in [2.05, 4.69) is 17.6 Å². The van der Waals surface area contributed by atoms with Crippen LogP contribution in [-0.4, -0.2) is 58.2 Å². The fourth-order valence-electron chi connectivity index (χ4n) is 3.14. The SMILES string of the molecule is CC1(CN=C(NCC2CCS(=O)(=O)C2)NC2CC2)CCOCC1.I. The van der Waals surface area contributed by atoms with Gasteiger partial charge in [-0.3, -0.25) is 4.99 Å². The molecule has 1 unspecified atom stereocenters. The van der Waals surface area contributed by atoms with Gasteiger partial charge in [-0.05, 0) is 43.4 Å². The van der Waals surface area contributed by atoms with Gasteiger partial charge in [0.1, 0.15) is 0 Å². The summed E-state index contributed by atoms with van der Waals surface area (Å²) < 4.78 is 28.6. The minimum atomic E-state index is -2.81. The van der Waals surface area contributed by atoms with Crippen molar-refractivity contribution in [2.45, 2.75) is 45.1 Å². The molecule has 2 heterocycles. The lowest BCUT2D eigenvalue weighted by molar-refractivity contribution is 0.0283. The van der Waals surface area contributed by atoms with E-state index in [4.69, 9.17) is 9.73 Å². The molecule has 0 aromatic heterocycles. The Morgan fingerprint density at radius 2 is 1.96 bits per heavy atom. The highest BCUT2D eigenvalue weighted by Gasteiger charge is 2.30. The molecule has 3 fully saturated rings. The Kier molecular flexibility index (Phi) is 7.19. The highest BCUT2D eigenvalue weighted by atomic mass is 127. The van der Waals surface area contributed by atoms with Crippen LogP contribution in [0.1, 0.15) is 39.0 Å². The highest BCUT2D eigenvalue weighted by Crippen LogP contribution is 2.30. The number of aliphatic imine (C=N–C) groups is 1. The summed E-state index contributed by atoms with van der Waals surface area (Å²) in [5.41, 5.74) is 0.215. The lowest BCUT2D eigenvalue weighted by Crippen LogP contribution is -2.42. The Labute approximate surface area is 162 Å². The van der Waals surface area contributed by atoms with Crippen LogP contribution in [0.2, 0.25) is 0 Å². The average Bonchev–Trinajstić information content (AvgIpc) is 3.25. The largest absolute Gasteiger partial charge is 0.381 e. The summed E-state index contributed by atoms with van der Waals surface area (Å²) in [5.74, 6) is 1.71. The van der Waals surface area contributed by atoms with Crippen LogP contribution in [0.25, 0.3) is 0 Å². The number of hydrogen-bond acceptors (Lipinski definition) is 4. The molecule has 3 aliphatic rings. The van der Waals surface area contributed by atoms with Crippen LogP contribution < -0.4 is 10.6 Å². The molecule has 0 amide bonds. The summed E-state index contributed by atoms with van der Waals surface area (Å²) in [6.07, 6.45) is 5.26. The molecular formula is C16H30IN3O3S. The van der Waals surface area contributed by atoms with Crippen LogP contribution in [0.3, 0.4) is 0 Å². The van der Waals surface area contributed by atoms with Crippen molar-refractivity contribution in [1.29, 1.82) is 0 Å². The maximum Gasteiger partial charge on any atom is 0.191 e. The van der Waals surface area contributed by atoms with Gasteiger partial charge in [0.15, 0.2) is 15.8 Å². The monoisotopic (exact) mass is 471 g/mol. The zero-order valence-corrected chi connectivity index (χ0v) is 17.6. The molecule has 2 saturated heterocycles. The summed E-state index contributed by atoms with van der Waals surface area (Å²) >= 11 is 0. The van der Waals surface area contributed by atoms with Crippen molar-refractivity contribution in [3.05, 3.63) is 0 Å². The van der Waals surface area contributed by atoms with Gasteiger partial charge in [0.05, 0.1) is 11.5 Å². The van der Waals surface area contributed by atoms with Crippen molar-refractivity contribution in [2.75, 3.05) is 37.8 Å². The molecule has 0 spiro atoms. The third-order valence-corrected chi connectivity index (χ3v) is 6.96. The van der Waals surface area contributed by atoms with E-state index in [1.807, 2.05) is 0 Å². The van der Waals surface area contributed by atoms with Crippen molar-refractivity contribution in [1.82, 2.24) is 10.6 Å². The lowest BCUT2D eigenvalue weighted by atomic mass is 9.83. The van der Waals surface area contributed by atoms with Gasteiger partial charge < -0.3 is 15.4 Å². The second-order valence-electron chi connectivity index (χ2n) is 7.66. The first-order valence-corrected chi connectivity index (χ1v) is 10.6. The zero-order chi connectivity index (χ0) is 16.3. The number of hydrogen-bond donors (Lipinski definition) is 2. The average molecular weight is 471 g/mol. The van der Waals surface area contributed by atoms with Gasteiger partial charge >= 0.3 is 0 Å². The number of rotatable bonds is 5. The second-order valence-corrected chi connectivity index (χ2v) is 9.89. The van der Waals surface area contributed by atoms with Crippen molar-refractivity contribution >= 4 is 39.8 Å². The minimum absolute atomic E-state index is 0. The van der Waals surface area contributed by atoms with Crippen molar-refractivity contribution in [3.8, 4) is 0 Å². The second kappa shape index (κ2) is 8.53. The van der Waals surface area contributed by atoms with E-state index in [0.717, 1.165) is 45.0 Å². The number of sulfone groups is 1. The first-order valence-electron chi connectivity index (χ1n) is 8.77. The number of nitrogens with one attached hydrogen (secondary N) is 2. The topological polar surface area (TPSA) is 79.8 Å². The van der Waals surface area contributed by atoms with E-state index < -0.39 is 9.84 Å². The van der Waals surface area contributed by atoms with Crippen molar-refractivity contribution < 1.29 is 13.2 Å². The molecule has 8 heteroatoms. The molecule has 1 atom stereocenters. The van der Waals surface area contributed by atoms with Crippen LogP contribution in [0.4, 0.5) is 0 Å². The summed E-state index contributed by atoms with van der Waals surface area (Å²) in [5, 5.41) is 6.82. The fraction of sp³-hybridized carbons (Fsp3) is 0.938. The molecule has 0 bridgehead atoms. The van der Waals surface area contributed by atoms with E-state index in [1.165, 1.54) is 12.8 Å². The van der Waals surface area contributed by atoms with Crippen LogP contribution in [0.5, 0.6) is 0 Å². The molecule has 0 radical (unpaired) electrons. The normalized spacial score (nSPS) is 28.9. The van der Waals surface area contributed by atoms with Gasteiger partial charge in [0, 0.05) is 32.3 Å². The number of nitrogens with zero attached hydrogens (tertiary/aromatic N) is 1. The quantitative estimate of drug-likeness (QED) is 0.362. The first kappa shape index (κ1) is 20.2. The molecule has 0 aromatic carbocycles. The Balaban J connectivity index is 0.00000208. The van der Waals surface area contributed by atoms with Gasteiger partial charge in [0.25, 0.3) is 0 Å². The van der Waals surface area contributed by atoms with Gasteiger partial charge in [-0.1, -0.05) is 6.92 Å². The number of halogens is 1. The van der Waals surface area contributed by atoms with Gasteiger partial charge in [-0.25, -0.2) is 8.42 Å². The Hall–Kier alpha value is -0.0900. The molecule has 140 valence electrons. The molecule has 0 aromatic rings. The molecule has 1 saturated carbocycles. The van der Waals surface area contributed by atoms with E-state index in [1.54, 1.807) is 0 Å². The predicted molar refractivity (Wildman–Crippen MR) is 107 cm³/mol. The minimum Gasteiger partial charge on any atom is -0.381 e. The smallest absolute Gasteiger partial charge is 0.191 e. The third-order valence-electron chi connectivity index (χ3n) is 5.12. The van der Waals surface area contributed by atoms with E-state index in [9.17, 15) is 8.42 Å². The van der Waals surface area contributed by atoms with E-state index in [0.29, 0.717) is 24.1 Å². The molecule has 24 heavy (non-hydrogen) atoms. The Bertz CT molecular complexity index is 543. The van der Waals surface area contributed by atoms with Crippen molar-refractivity contribution in [2.24, 2.45) is 16.3 Å². The van der Waals surface area contributed by atoms with E-state index in [-0.39, 0.29) is 35.3 Å². The fourth-order valence-corrected chi connectivity index (χ4v) is 5.00. The Morgan fingerprint density at radius 3 is 2.54 bits per heavy atom. The molecule has 2 aliphatic heterocycles. The summed E-state index contributed by atoms with van der Waals surface area (Å²) in [4.78, 5) is 4.79. The standard InChI is InChI=1S/C16H29N3O3S.HI/c1-16(5-7-22-8-6-16)12-18-15(19-14-2-3-14)17-10-13-4-9-23(20,21)11-13;/h13-14H,2-12H2,1H3,(H2,17,18,19);1H. The van der Waals surface area contributed by atoms with E-state index >= 15 is 0 Å². The number of ether oxygens (including phenoxy) is 1. The maximum atomic E-state index is 11.6. The lowest BCUT2D eigenvalue weighted by Gasteiger charge is -2.32. The van der Waals surface area contributed by atoms with Crippen molar-refractivity contribution in [3.63, 3.8) is 0 Å². The molecule has 2 N–H and O–H groups in total. The highest BCUT2D eigenvalue weighted by molar-refractivity contribution is 14.0. The van der Waals surface area contributed by atoms with Crippen LogP contribution in [0, 0.1) is 11.3 Å². The van der Waals surface area contributed by atoms with Gasteiger partial charge in [0.2, 0.25) is 0 Å². The van der Waals surface area contributed by atoms with Crippen LogP contribution in [-0.2, 0) is 14.6 Å². The zero-order valence-electron chi connectivity index (χ0n) is 14.4. The Morgan fingerprint density at radius 1 is 1.25 bits per heavy atom. The third kappa shape index (κ3) is 6.33. The summed E-state index contributed by atoms with van der Waals surface area (Å²) in [6, 6.07) is 0.538. The molecular weight excluding hydrogens is 441 g/mol. The first-order chi connectivity index (χ1) is 10.9. The maximum absolute atomic E-state index is 11.6. The van der Waals surface area contributed by atoms with Crippen LogP contribution in [0.15, 0.2) is 4.99 Å². The van der Waals surface area contributed by atoms with Crippen LogP contribution >= 0.6 is 24.0 Å². The van der Waals surface area contributed by atoms with Gasteiger partial charge in [-0.15, -0.1) is 24.0 Å². The molecule has 6 nitrogen and oxygen atoms in total. The summed E-state index contributed by atoms with van der Waals surface area (Å²) in [6.45, 7) is 5.41. The predicted octanol–water partition coefficient (Wildman–Crippen LogP) is 1.55. The number of guanidine groups is 1.